The van der Waals surface area contributed by atoms with E-state index in [1.54, 1.807) is 30.3 Å². The van der Waals surface area contributed by atoms with Gasteiger partial charge in [0.05, 0.1) is 23.6 Å². The Hall–Kier alpha value is -3.58. The third-order valence-electron chi connectivity index (χ3n) is 7.09. The van der Waals surface area contributed by atoms with Crippen molar-refractivity contribution in [3.8, 4) is 0 Å². The summed E-state index contributed by atoms with van der Waals surface area (Å²) in [6.45, 7) is 3.96. The maximum Gasteiger partial charge on any atom is 0.337 e. The predicted molar refractivity (Wildman–Crippen MR) is 137 cm³/mol. The van der Waals surface area contributed by atoms with Crippen LogP contribution in [0.4, 0.5) is 11.4 Å². The first-order chi connectivity index (χ1) is 16.8. The Bertz CT molecular complexity index is 1430. The lowest BCUT2D eigenvalue weighted by Gasteiger charge is -2.37. The number of methoxy groups -OCH3 is 1. The highest BCUT2D eigenvalue weighted by atomic mass is 32.2. The number of carbonyl (C=O) groups excluding carboxylic acids is 1. The van der Waals surface area contributed by atoms with E-state index in [0.717, 1.165) is 34.4 Å². The van der Waals surface area contributed by atoms with Crippen molar-refractivity contribution in [2.24, 2.45) is 5.92 Å². The second-order valence-electron chi connectivity index (χ2n) is 9.24. The Morgan fingerprint density at radius 3 is 2.49 bits per heavy atom. The summed E-state index contributed by atoms with van der Waals surface area (Å²) in [4.78, 5) is 12.1. The smallest absolute Gasteiger partial charge is 0.337 e. The molecule has 3 atom stereocenters. The van der Waals surface area contributed by atoms with Crippen molar-refractivity contribution < 1.29 is 17.9 Å². The van der Waals surface area contributed by atoms with Gasteiger partial charge in [0.2, 0.25) is 0 Å². The molecule has 0 radical (unpaired) electrons. The molecule has 1 aliphatic heterocycles. The van der Waals surface area contributed by atoms with Crippen LogP contribution in [0.25, 0.3) is 0 Å². The molecule has 0 amide bonds. The number of hydrogen-bond acceptors (Lipinski definition) is 5. The van der Waals surface area contributed by atoms with Gasteiger partial charge in [0.15, 0.2) is 0 Å². The van der Waals surface area contributed by atoms with E-state index in [2.05, 4.69) is 22.2 Å². The Morgan fingerprint density at radius 1 is 1.00 bits per heavy atom. The van der Waals surface area contributed by atoms with Gasteiger partial charge in [-0.2, -0.15) is 0 Å². The minimum absolute atomic E-state index is 0.0466. The van der Waals surface area contributed by atoms with Crippen LogP contribution >= 0.6 is 0 Å². The monoisotopic (exact) mass is 488 g/mol. The van der Waals surface area contributed by atoms with Crippen LogP contribution in [0, 0.1) is 19.8 Å². The number of fused-ring (bicyclic) bond motifs is 3. The largest absolute Gasteiger partial charge is 0.465 e. The summed E-state index contributed by atoms with van der Waals surface area (Å²) in [6, 6.07) is 18.3. The second-order valence-corrected chi connectivity index (χ2v) is 10.9. The Morgan fingerprint density at radius 2 is 1.77 bits per heavy atom. The van der Waals surface area contributed by atoms with Gasteiger partial charge in [0.25, 0.3) is 10.0 Å². The highest BCUT2D eigenvalue weighted by molar-refractivity contribution is 7.92. The molecule has 7 heteroatoms. The molecular weight excluding hydrogens is 460 g/mol. The lowest BCUT2D eigenvalue weighted by molar-refractivity contribution is 0.0600. The van der Waals surface area contributed by atoms with Crippen molar-refractivity contribution >= 4 is 27.4 Å². The first kappa shape index (κ1) is 23.2. The van der Waals surface area contributed by atoms with E-state index in [1.165, 1.54) is 7.11 Å². The van der Waals surface area contributed by atoms with Gasteiger partial charge < -0.3 is 10.1 Å². The van der Waals surface area contributed by atoms with Crippen LogP contribution < -0.4 is 10.0 Å². The Balaban J connectivity index is 1.44. The number of sulfonamides is 1. The number of anilines is 2. The molecule has 1 aliphatic carbocycles. The third kappa shape index (κ3) is 4.32. The van der Waals surface area contributed by atoms with E-state index >= 15 is 0 Å². The van der Waals surface area contributed by atoms with Crippen LogP contribution in [-0.2, 0) is 14.8 Å². The summed E-state index contributed by atoms with van der Waals surface area (Å²) in [5, 5.41) is 3.62. The Labute approximate surface area is 206 Å². The van der Waals surface area contributed by atoms with Gasteiger partial charge >= 0.3 is 5.97 Å². The zero-order valence-corrected chi connectivity index (χ0v) is 20.7. The van der Waals surface area contributed by atoms with Gasteiger partial charge in [-0.25, -0.2) is 13.2 Å². The number of rotatable bonds is 5. The summed E-state index contributed by atoms with van der Waals surface area (Å²) >= 11 is 0. The molecule has 180 valence electrons. The van der Waals surface area contributed by atoms with E-state index < -0.39 is 10.0 Å². The van der Waals surface area contributed by atoms with Crippen LogP contribution in [0.15, 0.2) is 77.7 Å². The highest BCUT2D eigenvalue weighted by Gasteiger charge is 2.38. The number of ether oxygens (including phenoxy) is 1. The molecule has 3 aromatic carbocycles. The topological polar surface area (TPSA) is 84.5 Å². The summed E-state index contributed by atoms with van der Waals surface area (Å²) in [6.07, 6.45) is 5.22. The number of aryl methyl sites for hydroxylation is 2. The quantitative estimate of drug-likeness (QED) is 0.355. The van der Waals surface area contributed by atoms with Crippen LogP contribution in [0.1, 0.15) is 51.0 Å². The van der Waals surface area contributed by atoms with E-state index in [0.29, 0.717) is 11.3 Å². The number of nitrogens with one attached hydrogen (secondary N) is 2. The molecule has 2 N–H and O–H groups in total. The number of esters is 1. The molecular formula is C28H28N2O4S. The molecule has 3 aromatic rings. The maximum atomic E-state index is 13.2. The van der Waals surface area contributed by atoms with E-state index in [1.807, 2.05) is 44.2 Å². The SMILES string of the molecule is COC(=O)c1ccc([C@H]2Nc3ccc(S(=O)(=O)Nc4ccc(C)c(C)c4)cc3[C@H]3C=CC[C@H]32)cc1. The van der Waals surface area contributed by atoms with Gasteiger partial charge in [0, 0.05) is 17.3 Å². The molecule has 35 heavy (non-hydrogen) atoms. The van der Waals surface area contributed by atoms with Gasteiger partial charge in [-0.05, 0) is 90.9 Å². The minimum atomic E-state index is -3.73. The van der Waals surface area contributed by atoms with Gasteiger partial charge in [-0.15, -0.1) is 0 Å². The summed E-state index contributed by atoms with van der Waals surface area (Å²) in [5.74, 6) is -0.00695. The number of carbonyl (C=O) groups is 1. The number of benzene rings is 3. The zero-order valence-electron chi connectivity index (χ0n) is 19.9. The average molecular weight is 489 g/mol. The maximum absolute atomic E-state index is 13.2. The van der Waals surface area contributed by atoms with Crippen LogP contribution in [0.3, 0.4) is 0 Å². The van der Waals surface area contributed by atoms with Crippen LogP contribution in [-0.4, -0.2) is 21.5 Å². The fourth-order valence-electron chi connectivity index (χ4n) is 5.03. The van der Waals surface area contributed by atoms with E-state index in [4.69, 9.17) is 4.74 Å². The highest BCUT2D eigenvalue weighted by Crippen LogP contribution is 2.50. The van der Waals surface area contributed by atoms with Crippen LogP contribution in [0.5, 0.6) is 0 Å². The van der Waals surface area contributed by atoms with Crippen molar-refractivity contribution in [2.75, 3.05) is 17.1 Å². The van der Waals surface area contributed by atoms with E-state index in [-0.39, 0.29) is 28.7 Å². The van der Waals surface area contributed by atoms with Crippen LogP contribution in [0.2, 0.25) is 0 Å². The second kappa shape index (κ2) is 8.89. The first-order valence-corrected chi connectivity index (χ1v) is 13.1. The molecule has 5 rings (SSSR count). The summed E-state index contributed by atoms with van der Waals surface area (Å²) < 4.78 is 33.9. The molecule has 0 aromatic heterocycles. The van der Waals surface area contributed by atoms with Crippen molar-refractivity contribution in [2.45, 2.75) is 37.1 Å². The molecule has 1 heterocycles. The molecule has 0 saturated heterocycles. The average Bonchev–Trinajstić information content (AvgIpc) is 3.35. The molecule has 2 aliphatic rings. The Kier molecular flexibility index (Phi) is 5.89. The summed E-state index contributed by atoms with van der Waals surface area (Å²) in [7, 11) is -2.36. The van der Waals surface area contributed by atoms with Gasteiger partial charge in [-0.3, -0.25) is 4.72 Å². The molecule has 0 spiro atoms. The first-order valence-electron chi connectivity index (χ1n) is 11.6. The molecule has 0 bridgehead atoms. The molecule has 0 fully saturated rings. The number of allylic oxidation sites excluding steroid dienone is 2. The normalized spacial score (nSPS) is 20.5. The van der Waals surface area contributed by atoms with Crippen molar-refractivity contribution in [1.82, 2.24) is 0 Å². The molecule has 0 unspecified atom stereocenters. The molecule has 6 nitrogen and oxygen atoms in total. The lowest BCUT2D eigenvalue weighted by atomic mass is 9.77. The standard InChI is InChI=1S/C28H28N2O4S/c1-17-7-12-21(15-18(17)2)30-35(32,33)22-13-14-26-25(16-22)23-5-4-6-24(23)27(29-26)19-8-10-20(11-9-19)28(31)34-3/h4-5,7-16,23-24,27,29-30H,6H2,1-3H3/t23-,24+,27+/m0/s1. The van der Waals surface area contributed by atoms with Crippen molar-refractivity contribution in [3.05, 3.63) is 101 Å². The molecule has 0 saturated carbocycles. The minimum Gasteiger partial charge on any atom is -0.465 e. The zero-order chi connectivity index (χ0) is 24.7. The fraction of sp³-hybridized carbons (Fsp3) is 0.250. The van der Waals surface area contributed by atoms with E-state index in [9.17, 15) is 13.2 Å². The fourth-order valence-corrected chi connectivity index (χ4v) is 6.12. The summed E-state index contributed by atoms with van der Waals surface area (Å²) in [5.41, 5.74) is 6.19. The lowest BCUT2D eigenvalue weighted by Crippen LogP contribution is -2.29. The predicted octanol–water partition coefficient (Wildman–Crippen LogP) is 5.72. The third-order valence-corrected chi connectivity index (χ3v) is 8.47. The van der Waals surface area contributed by atoms with Gasteiger partial charge in [-0.1, -0.05) is 30.4 Å². The van der Waals surface area contributed by atoms with Crippen molar-refractivity contribution in [1.29, 1.82) is 0 Å². The number of hydrogen-bond donors (Lipinski definition) is 2. The van der Waals surface area contributed by atoms with Crippen molar-refractivity contribution in [3.63, 3.8) is 0 Å². The van der Waals surface area contributed by atoms with Gasteiger partial charge in [0.1, 0.15) is 0 Å².